The maximum absolute atomic E-state index is 12.2. The molecule has 7 heteroatoms. The van der Waals surface area contributed by atoms with Crippen LogP contribution in [-0.4, -0.2) is 44.9 Å². The zero-order valence-electron chi connectivity index (χ0n) is 11.5. The van der Waals surface area contributed by atoms with Gasteiger partial charge >= 0.3 is 0 Å². The highest BCUT2D eigenvalue weighted by atomic mass is 35.5. The second kappa shape index (κ2) is 6.87. The van der Waals surface area contributed by atoms with Crippen molar-refractivity contribution in [2.75, 3.05) is 26.2 Å². The standard InChI is InChI=1S/C13H20ClN3O2S/c1-11(9-12-3-2-4-13(14)10-12)16-20(18,19)17-7-5-15-6-8-17/h2-4,10-11,15-16H,5-9H2,1H3. The molecule has 20 heavy (non-hydrogen) atoms. The quantitative estimate of drug-likeness (QED) is 0.852. The summed E-state index contributed by atoms with van der Waals surface area (Å²) in [6.07, 6.45) is 0.617. The molecule has 5 nitrogen and oxygen atoms in total. The average Bonchev–Trinajstić information content (AvgIpc) is 2.39. The van der Waals surface area contributed by atoms with Gasteiger partial charge < -0.3 is 5.32 Å². The van der Waals surface area contributed by atoms with Gasteiger partial charge in [-0.3, -0.25) is 0 Å². The molecule has 0 aliphatic carbocycles. The Morgan fingerprint density at radius 2 is 2.10 bits per heavy atom. The van der Waals surface area contributed by atoms with Crippen molar-refractivity contribution in [3.63, 3.8) is 0 Å². The number of piperazine rings is 1. The second-order valence-corrected chi connectivity index (χ2v) is 7.15. The number of halogens is 1. The summed E-state index contributed by atoms with van der Waals surface area (Å²) in [6.45, 7) is 4.28. The average molecular weight is 318 g/mol. The van der Waals surface area contributed by atoms with Gasteiger partial charge in [-0.05, 0) is 31.0 Å². The minimum atomic E-state index is -3.40. The molecule has 0 saturated carbocycles. The molecule has 1 heterocycles. The monoisotopic (exact) mass is 317 g/mol. The Hall–Kier alpha value is -0.660. The third-order valence-electron chi connectivity index (χ3n) is 3.20. The fraction of sp³-hybridized carbons (Fsp3) is 0.538. The predicted octanol–water partition coefficient (Wildman–Crippen LogP) is 1.01. The smallest absolute Gasteiger partial charge is 0.279 e. The van der Waals surface area contributed by atoms with E-state index in [0.717, 1.165) is 5.56 Å². The van der Waals surface area contributed by atoms with Crippen LogP contribution >= 0.6 is 11.6 Å². The lowest BCUT2D eigenvalue weighted by molar-refractivity contribution is 0.352. The Morgan fingerprint density at radius 3 is 2.75 bits per heavy atom. The Morgan fingerprint density at radius 1 is 1.40 bits per heavy atom. The summed E-state index contributed by atoms with van der Waals surface area (Å²) in [5.74, 6) is 0. The van der Waals surface area contributed by atoms with E-state index in [4.69, 9.17) is 11.6 Å². The van der Waals surface area contributed by atoms with Crippen LogP contribution in [0.4, 0.5) is 0 Å². The van der Waals surface area contributed by atoms with E-state index in [9.17, 15) is 8.42 Å². The number of hydrogen-bond donors (Lipinski definition) is 2. The molecule has 1 aliphatic heterocycles. The van der Waals surface area contributed by atoms with E-state index in [-0.39, 0.29) is 6.04 Å². The molecule has 1 saturated heterocycles. The zero-order chi connectivity index (χ0) is 14.6. The van der Waals surface area contributed by atoms with Gasteiger partial charge in [0.05, 0.1) is 0 Å². The van der Waals surface area contributed by atoms with Crippen molar-refractivity contribution in [3.8, 4) is 0 Å². The van der Waals surface area contributed by atoms with E-state index in [1.54, 1.807) is 6.07 Å². The normalized spacial score (nSPS) is 18.9. The molecule has 1 atom stereocenters. The van der Waals surface area contributed by atoms with Crippen molar-refractivity contribution in [1.82, 2.24) is 14.3 Å². The fourth-order valence-electron chi connectivity index (χ4n) is 2.27. The van der Waals surface area contributed by atoms with Crippen molar-refractivity contribution in [2.24, 2.45) is 0 Å². The van der Waals surface area contributed by atoms with Gasteiger partial charge in [0.15, 0.2) is 0 Å². The molecular weight excluding hydrogens is 298 g/mol. The van der Waals surface area contributed by atoms with E-state index in [1.165, 1.54) is 4.31 Å². The number of nitrogens with zero attached hydrogens (tertiary/aromatic N) is 1. The summed E-state index contributed by atoms with van der Waals surface area (Å²) in [7, 11) is -3.40. The summed E-state index contributed by atoms with van der Waals surface area (Å²) >= 11 is 5.93. The van der Waals surface area contributed by atoms with Crippen LogP contribution in [-0.2, 0) is 16.6 Å². The van der Waals surface area contributed by atoms with Gasteiger partial charge in [0.25, 0.3) is 10.2 Å². The van der Waals surface area contributed by atoms with Crippen molar-refractivity contribution in [1.29, 1.82) is 0 Å². The number of hydrogen-bond acceptors (Lipinski definition) is 3. The summed E-state index contributed by atoms with van der Waals surface area (Å²) < 4.78 is 28.6. The Balaban J connectivity index is 1.94. The molecule has 1 aliphatic rings. The summed E-state index contributed by atoms with van der Waals surface area (Å²) in [5, 5.41) is 3.80. The van der Waals surface area contributed by atoms with Gasteiger partial charge in [0.2, 0.25) is 0 Å². The lowest BCUT2D eigenvalue weighted by Crippen LogP contribution is -2.52. The van der Waals surface area contributed by atoms with Gasteiger partial charge in [0, 0.05) is 37.2 Å². The third-order valence-corrected chi connectivity index (χ3v) is 5.18. The van der Waals surface area contributed by atoms with Crippen LogP contribution in [0.15, 0.2) is 24.3 Å². The first-order valence-electron chi connectivity index (χ1n) is 6.70. The molecule has 1 unspecified atom stereocenters. The highest BCUT2D eigenvalue weighted by molar-refractivity contribution is 7.87. The molecule has 112 valence electrons. The van der Waals surface area contributed by atoms with E-state index < -0.39 is 10.2 Å². The summed E-state index contributed by atoms with van der Waals surface area (Å²) in [5.41, 5.74) is 1.02. The Kier molecular flexibility index (Phi) is 5.40. The summed E-state index contributed by atoms with van der Waals surface area (Å²) in [4.78, 5) is 0. The number of rotatable bonds is 5. The van der Waals surface area contributed by atoms with Crippen LogP contribution in [0.1, 0.15) is 12.5 Å². The van der Waals surface area contributed by atoms with Crippen LogP contribution < -0.4 is 10.0 Å². The minimum Gasteiger partial charge on any atom is -0.314 e. The van der Waals surface area contributed by atoms with Crippen LogP contribution in [0.25, 0.3) is 0 Å². The van der Waals surface area contributed by atoms with E-state index in [1.807, 2.05) is 25.1 Å². The minimum absolute atomic E-state index is 0.173. The lowest BCUT2D eigenvalue weighted by Gasteiger charge is -2.28. The van der Waals surface area contributed by atoms with Gasteiger partial charge in [-0.2, -0.15) is 17.4 Å². The molecule has 1 aromatic rings. The molecule has 0 amide bonds. The van der Waals surface area contributed by atoms with Crippen molar-refractivity contribution in [3.05, 3.63) is 34.9 Å². The molecule has 0 radical (unpaired) electrons. The van der Waals surface area contributed by atoms with Crippen molar-refractivity contribution >= 4 is 21.8 Å². The first-order chi connectivity index (χ1) is 9.47. The zero-order valence-corrected chi connectivity index (χ0v) is 13.0. The molecule has 0 aromatic heterocycles. The number of benzene rings is 1. The van der Waals surface area contributed by atoms with Crippen LogP contribution in [0, 0.1) is 0 Å². The van der Waals surface area contributed by atoms with E-state index in [2.05, 4.69) is 10.0 Å². The largest absolute Gasteiger partial charge is 0.314 e. The topological polar surface area (TPSA) is 61.4 Å². The molecule has 2 rings (SSSR count). The molecule has 0 spiro atoms. The lowest BCUT2D eigenvalue weighted by atomic mass is 10.1. The van der Waals surface area contributed by atoms with Gasteiger partial charge in [-0.1, -0.05) is 23.7 Å². The van der Waals surface area contributed by atoms with Crippen molar-refractivity contribution < 1.29 is 8.42 Å². The molecule has 0 bridgehead atoms. The van der Waals surface area contributed by atoms with Gasteiger partial charge in [-0.15, -0.1) is 0 Å². The van der Waals surface area contributed by atoms with Crippen LogP contribution in [0.3, 0.4) is 0 Å². The summed E-state index contributed by atoms with van der Waals surface area (Å²) in [6, 6.07) is 7.31. The van der Waals surface area contributed by atoms with Gasteiger partial charge in [-0.25, -0.2) is 0 Å². The van der Waals surface area contributed by atoms with Gasteiger partial charge in [0.1, 0.15) is 0 Å². The second-order valence-electron chi connectivity index (χ2n) is 5.01. The molecule has 1 aromatic carbocycles. The highest BCUT2D eigenvalue weighted by Crippen LogP contribution is 2.13. The van der Waals surface area contributed by atoms with Crippen LogP contribution in [0.2, 0.25) is 5.02 Å². The Bertz CT molecular complexity index is 544. The first kappa shape index (κ1) is 15.7. The maximum Gasteiger partial charge on any atom is 0.279 e. The molecule has 1 fully saturated rings. The van der Waals surface area contributed by atoms with Crippen LogP contribution in [0.5, 0.6) is 0 Å². The highest BCUT2D eigenvalue weighted by Gasteiger charge is 2.25. The number of nitrogens with one attached hydrogen (secondary N) is 2. The van der Waals surface area contributed by atoms with E-state index in [0.29, 0.717) is 37.6 Å². The molecule has 2 N–H and O–H groups in total. The third kappa shape index (κ3) is 4.43. The Labute approximate surface area is 125 Å². The first-order valence-corrected chi connectivity index (χ1v) is 8.52. The predicted molar refractivity (Wildman–Crippen MR) is 81.1 cm³/mol. The molecular formula is C13H20ClN3O2S. The fourth-order valence-corrected chi connectivity index (χ4v) is 3.89. The SMILES string of the molecule is CC(Cc1cccc(Cl)c1)NS(=O)(=O)N1CCNCC1. The van der Waals surface area contributed by atoms with E-state index >= 15 is 0 Å². The van der Waals surface area contributed by atoms with Crippen molar-refractivity contribution in [2.45, 2.75) is 19.4 Å². The maximum atomic E-state index is 12.2.